The lowest BCUT2D eigenvalue weighted by Gasteiger charge is -2.40. The van der Waals surface area contributed by atoms with Crippen molar-refractivity contribution in [2.75, 3.05) is 0 Å². The highest BCUT2D eigenvalue weighted by Crippen LogP contribution is 2.55. The lowest BCUT2D eigenvalue weighted by atomic mass is 9.65. The molecule has 0 saturated heterocycles. The van der Waals surface area contributed by atoms with Gasteiger partial charge in [0.15, 0.2) is 0 Å². The molecule has 4 unspecified atom stereocenters. The molecule has 0 bridgehead atoms. The highest BCUT2D eigenvalue weighted by molar-refractivity contribution is 6.07. The molecule has 5 heteroatoms. The van der Waals surface area contributed by atoms with E-state index in [1.165, 1.54) is 23.9 Å². The number of allylic oxidation sites excluding steroid dienone is 2. The number of hydrogen-bond donors (Lipinski definition) is 2. The summed E-state index contributed by atoms with van der Waals surface area (Å²) in [5, 5.41) is 11.3. The maximum atomic E-state index is 13.3. The summed E-state index contributed by atoms with van der Waals surface area (Å²) >= 11 is 0. The molecule has 4 nitrogen and oxygen atoms in total. The van der Waals surface area contributed by atoms with E-state index in [9.17, 15) is 9.18 Å². The van der Waals surface area contributed by atoms with Gasteiger partial charge in [0.2, 0.25) is 5.91 Å². The predicted octanol–water partition coefficient (Wildman–Crippen LogP) is 6.63. The third kappa shape index (κ3) is 5.73. The molecule has 0 spiro atoms. The van der Waals surface area contributed by atoms with E-state index in [1.807, 2.05) is 0 Å². The number of nitrogens with zero attached hydrogens (tertiary/aromatic N) is 1. The van der Waals surface area contributed by atoms with E-state index in [-0.39, 0.29) is 29.1 Å². The molecule has 0 radical (unpaired) electrons. The van der Waals surface area contributed by atoms with Crippen molar-refractivity contribution in [3.8, 4) is 0 Å². The van der Waals surface area contributed by atoms with Crippen LogP contribution in [0.1, 0.15) is 72.6 Å². The number of carbonyl (C=O) groups is 1. The number of halogens is 1. The number of aliphatic imine (C=N–C) groups is 1. The van der Waals surface area contributed by atoms with Gasteiger partial charge in [-0.2, -0.15) is 0 Å². The van der Waals surface area contributed by atoms with Crippen LogP contribution in [0.2, 0.25) is 0 Å². The number of hydrogen-bond acceptors (Lipinski definition) is 3. The van der Waals surface area contributed by atoms with Gasteiger partial charge in [0.05, 0.1) is 5.69 Å². The fourth-order valence-corrected chi connectivity index (χ4v) is 5.48. The molecular weight excluding hydrogens is 401 g/mol. The van der Waals surface area contributed by atoms with Crippen LogP contribution in [0.3, 0.4) is 0 Å². The third-order valence-corrected chi connectivity index (χ3v) is 7.19. The number of nitrogens with one attached hydrogen (secondary N) is 2. The SMILES string of the molecule is CCCC(CC1CCC2=CC(=Nc3ccc(F)cc3)C(C=N)CC21C)NC(=O)CC(C)C. The van der Waals surface area contributed by atoms with Crippen LogP contribution in [-0.4, -0.2) is 23.9 Å². The zero-order valence-corrected chi connectivity index (χ0v) is 20.0. The van der Waals surface area contributed by atoms with Gasteiger partial charge in [-0.25, -0.2) is 4.39 Å². The molecule has 2 aliphatic carbocycles. The van der Waals surface area contributed by atoms with E-state index in [0.29, 0.717) is 18.3 Å². The van der Waals surface area contributed by atoms with Crippen LogP contribution in [0.5, 0.6) is 0 Å². The van der Waals surface area contributed by atoms with Gasteiger partial charge in [-0.15, -0.1) is 0 Å². The van der Waals surface area contributed by atoms with Crippen molar-refractivity contribution in [3.05, 3.63) is 41.7 Å². The van der Waals surface area contributed by atoms with Gasteiger partial charge < -0.3 is 10.7 Å². The van der Waals surface area contributed by atoms with Crippen molar-refractivity contribution in [2.45, 2.75) is 78.7 Å². The van der Waals surface area contributed by atoms with E-state index < -0.39 is 0 Å². The minimum atomic E-state index is -0.270. The number of amides is 1. The van der Waals surface area contributed by atoms with E-state index in [1.54, 1.807) is 12.1 Å². The Bertz CT molecular complexity index is 873. The Labute approximate surface area is 192 Å². The summed E-state index contributed by atoms with van der Waals surface area (Å²) in [4.78, 5) is 17.2. The van der Waals surface area contributed by atoms with Gasteiger partial charge in [-0.1, -0.05) is 39.7 Å². The molecule has 1 saturated carbocycles. The first-order chi connectivity index (χ1) is 15.2. The zero-order valence-electron chi connectivity index (χ0n) is 20.0. The average molecular weight is 440 g/mol. The topological polar surface area (TPSA) is 65.3 Å². The minimum absolute atomic E-state index is 0.0266. The van der Waals surface area contributed by atoms with E-state index in [4.69, 9.17) is 10.4 Å². The van der Waals surface area contributed by atoms with Crippen LogP contribution < -0.4 is 5.32 Å². The Balaban J connectivity index is 1.79. The summed E-state index contributed by atoms with van der Waals surface area (Å²) in [5.74, 6) is 0.690. The second-order valence-electron chi connectivity index (χ2n) is 10.2. The van der Waals surface area contributed by atoms with Crippen LogP contribution in [0, 0.1) is 34.4 Å². The summed E-state index contributed by atoms with van der Waals surface area (Å²) in [6.45, 7) is 8.66. The Hall–Kier alpha value is -2.30. The van der Waals surface area contributed by atoms with Gasteiger partial charge in [-0.05, 0) is 79.7 Å². The van der Waals surface area contributed by atoms with Gasteiger partial charge >= 0.3 is 0 Å². The van der Waals surface area contributed by atoms with E-state index >= 15 is 0 Å². The van der Waals surface area contributed by atoms with Gasteiger partial charge in [-0.3, -0.25) is 9.79 Å². The smallest absolute Gasteiger partial charge is 0.220 e. The molecule has 1 amide bonds. The second-order valence-corrected chi connectivity index (χ2v) is 10.2. The van der Waals surface area contributed by atoms with E-state index in [2.05, 4.69) is 39.1 Å². The summed E-state index contributed by atoms with van der Waals surface area (Å²) in [7, 11) is 0. The largest absolute Gasteiger partial charge is 0.353 e. The van der Waals surface area contributed by atoms with Crippen molar-refractivity contribution >= 4 is 23.5 Å². The first-order valence-corrected chi connectivity index (χ1v) is 12.1. The molecule has 0 aliphatic heterocycles. The number of carbonyl (C=O) groups excluding carboxylic acids is 1. The fraction of sp³-hybridized carbons (Fsp3) is 0.593. The van der Waals surface area contributed by atoms with Crippen LogP contribution in [0.25, 0.3) is 0 Å². The van der Waals surface area contributed by atoms with Crippen LogP contribution in [0.4, 0.5) is 10.1 Å². The second kappa shape index (κ2) is 10.5. The number of rotatable bonds is 9. The van der Waals surface area contributed by atoms with Gasteiger partial charge in [0.1, 0.15) is 5.82 Å². The maximum Gasteiger partial charge on any atom is 0.220 e. The van der Waals surface area contributed by atoms with Crippen LogP contribution in [0.15, 0.2) is 40.9 Å². The molecule has 1 aromatic carbocycles. The molecule has 4 atom stereocenters. The fourth-order valence-electron chi connectivity index (χ4n) is 5.48. The first kappa shape index (κ1) is 24.3. The minimum Gasteiger partial charge on any atom is -0.353 e. The average Bonchev–Trinajstić information content (AvgIpc) is 3.04. The molecular formula is C27H38FN3O. The van der Waals surface area contributed by atoms with Crippen molar-refractivity contribution in [2.24, 2.45) is 28.2 Å². The number of benzene rings is 1. The highest BCUT2D eigenvalue weighted by atomic mass is 19.1. The molecule has 1 fully saturated rings. The van der Waals surface area contributed by atoms with Crippen molar-refractivity contribution in [1.29, 1.82) is 5.41 Å². The Morgan fingerprint density at radius 1 is 1.34 bits per heavy atom. The van der Waals surface area contributed by atoms with Gasteiger partial charge in [0.25, 0.3) is 0 Å². The molecule has 32 heavy (non-hydrogen) atoms. The summed E-state index contributed by atoms with van der Waals surface area (Å²) in [6.07, 6.45) is 10.3. The maximum absolute atomic E-state index is 13.3. The third-order valence-electron chi connectivity index (χ3n) is 7.19. The lowest BCUT2D eigenvalue weighted by molar-refractivity contribution is -0.122. The van der Waals surface area contributed by atoms with E-state index in [0.717, 1.165) is 49.9 Å². The quantitative estimate of drug-likeness (QED) is 0.417. The molecule has 0 aromatic heterocycles. The highest BCUT2D eigenvalue weighted by Gasteiger charge is 2.47. The molecule has 2 N–H and O–H groups in total. The Morgan fingerprint density at radius 3 is 2.69 bits per heavy atom. The summed E-state index contributed by atoms with van der Waals surface area (Å²) < 4.78 is 13.3. The molecule has 3 rings (SSSR count). The molecule has 174 valence electrons. The molecule has 2 aliphatic rings. The summed E-state index contributed by atoms with van der Waals surface area (Å²) in [5.41, 5.74) is 3.05. The predicted molar refractivity (Wildman–Crippen MR) is 130 cm³/mol. The van der Waals surface area contributed by atoms with Crippen molar-refractivity contribution < 1.29 is 9.18 Å². The van der Waals surface area contributed by atoms with Crippen LogP contribution >= 0.6 is 0 Å². The summed E-state index contributed by atoms with van der Waals surface area (Å²) in [6, 6.07) is 6.42. The van der Waals surface area contributed by atoms with Crippen molar-refractivity contribution in [3.63, 3.8) is 0 Å². The monoisotopic (exact) mass is 439 g/mol. The molecule has 0 heterocycles. The first-order valence-electron chi connectivity index (χ1n) is 12.1. The Kier molecular flexibility index (Phi) is 8.02. The number of fused-ring (bicyclic) bond motifs is 1. The lowest BCUT2D eigenvalue weighted by Crippen LogP contribution is -2.40. The normalized spacial score (nSPS) is 27.2. The van der Waals surface area contributed by atoms with Crippen LogP contribution in [-0.2, 0) is 4.79 Å². The van der Waals surface area contributed by atoms with Crippen molar-refractivity contribution in [1.82, 2.24) is 5.32 Å². The van der Waals surface area contributed by atoms with Gasteiger partial charge in [0, 0.05) is 30.3 Å². The zero-order chi connectivity index (χ0) is 23.3. The Morgan fingerprint density at radius 2 is 2.06 bits per heavy atom. The standard InChI is InChI=1S/C27H38FN3O/c1-5-6-24(31-26(32)13-18(2)3)14-20-7-8-21-15-25(19(17-29)16-27(20,21)4)30-23-11-9-22(28)10-12-23/h9-12,15,17-20,24,29H,5-8,13-14,16H2,1-4H3,(H,31,32). The molecule has 1 aromatic rings.